The van der Waals surface area contributed by atoms with Gasteiger partial charge in [0, 0.05) is 5.69 Å². The molecule has 0 spiro atoms. The number of carbonyl (C=O) groups is 2. The number of aryl methyl sites for hydroxylation is 5. The number of unbranched alkanes of at least 4 members (excludes halogenated alkanes) is 1. The highest BCUT2D eigenvalue weighted by Crippen LogP contribution is 2.35. The van der Waals surface area contributed by atoms with Gasteiger partial charge >= 0.3 is 0 Å². The summed E-state index contributed by atoms with van der Waals surface area (Å²) >= 11 is 0. The summed E-state index contributed by atoms with van der Waals surface area (Å²) < 4.78 is 0. The number of hydrogen-bond acceptors (Lipinski definition) is 3. The average Bonchev–Trinajstić information content (AvgIpc) is 3.04. The molecule has 0 atom stereocenters. The normalized spacial score (nSPS) is 13.7. The summed E-state index contributed by atoms with van der Waals surface area (Å²) in [5.41, 5.74) is 8.47. The number of anilines is 2. The van der Waals surface area contributed by atoms with E-state index in [0.717, 1.165) is 47.2 Å². The maximum Gasteiger partial charge on any atom is 0.282 e. The molecule has 1 heterocycles. The predicted octanol–water partition coefficient (Wildman–Crippen LogP) is 6.66. The van der Waals surface area contributed by atoms with Crippen molar-refractivity contribution in [3.63, 3.8) is 0 Å². The van der Waals surface area contributed by atoms with Gasteiger partial charge < -0.3 is 5.32 Å². The van der Waals surface area contributed by atoms with Crippen LogP contribution in [0.15, 0.2) is 66.4 Å². The summed E-state index contributed by atoms with van der Waals surface area (Å²) in [4.78, 5) is 28.7. The van der Waals surface area contributed by atoms with Crippen molar-refractivity contribution >= 4 is 28.8 Å². The number of amides is 2. The number of imide groups is 1. The molecule has 174 valence electrons. The maximum atomic E-state index is 13.7. The van der Waals surface area contributed by atoms with Gasteiger partial charge in [0.2, 0.25) is 0 Å². The highest BCUT2D eigenvalue weighted by Gasteiger charge is 2.40. The zero-order chi connectivity index (χ0) is 24.4. The molecule has 4 rings (SSSR count). The van der Waals surface area contributed by atoms with E-state index in [-0.39, 0.29) is 11.8 Å². The molecule has 1 N–H and O–H groups in total. The molecule has 0 fully saturated rings. The van der Waals surface area contributed by atoms with E-state index in [0.29, 0.717) is 17.0 Å². The Bertz CT molecular complexity index is 1290. The molecule has 0 aromatic heterocycles. The molecule has 4 nitrogen and oxygen atoms in total. The number of hydrogen-bond donors (Lipinski definition) is 1. The minimum Gasteiger partial charge on any atom is -0.350 e. The first-order valence-electron chi connectivity index (χ1n) is 11.9. The fourth-order valence-electron chi connectivity index (χ4n) is 4.38. The number of nitrogens with zero attached hydrogens (tertiary/aromatic N) is 1. The van der Waals surface area contributed by atoms with Crippen molar-refractivity contribution in [2.24, 2.45) is 0 Å². The van der Waals surface area contributed by atoms with Crippen LogP contribution in [0.1, 0.15) is 53.1 Å². The summed E-state index contributed by atoms with van der Waals surface area (Å²) in [7, 11) is 0. The van der Waals surface area contributed by atoms with Crippen LogP contribution in [0, 0.1) is 27.7 Å². The van der Waals surface area contributed by atoms with Gasteiger partial charge in [0.15, 0.2) is 0 Å². The Hall–Kier alpha value is -3.66. The molecule has 0 saturated carbocycles. The molecule has 0 radical (unpaired) electrons. The van der Waals surface area contributed by atoms with Crippen LogP contribution in [-0.2, 0) is 16.0 Å². The van der Waals surface area contributed by atoms with Gasteiger partial charge in [-0.25, -0.2) is 4.90 Å². The van der Waals surface area contributed by atoms with Crippen LogP contribution in [0.3, 0.4) is 0 Å². The summed E-state index contributed by atoms with van der Waals surface area (Å²) in [6, 6.07) is 19.7. The Balaban J connectivity index is 1.77. The lowest BCUT2D eigenvalue weighted by Crippen LogP contribution is -2.32. The van der Waals surface area contributed by atoms with E-state index in [1.165, 1.54) is 16.0 Å². The van der Waals surface area contributed by atoms with Gasteiger partial charge in [-0.1, -0.05) is 55.3 Å². The number of benzene rings is 3. The first kappa shape index (κ1) is 23.5. The van der Waals surface area contributed by atoms with E-state index >= 15 is 0 Å². The van der Waals surface area contributed by atoms with E-state index in [1.807, 2.05) is 81.4 Å². The minimum atomic E-state index is -0.334. The predicted molar refractivity (Wildman–Crippen MR) is 140 cm³/mol. The molecule has 0 aliphatic carbocycles. The summed E-state index contributed by atoms with van der Waals surface area (Å²) in [6.07, 6.45) is 3.23. The largest absolute Gasteiger partial charge is 0.350 e. The molecular formula is C30H32N2O2. The first-order valence-corrected chi connectivity index (χ1v) is 11.9. The second kappa shape index (κ2) is 9.68. The van der Waals surface area contributed by atoms with Gasteiger partial charge in [0.05, 0.1) is 11.3 Å². The van der Waals surface area contributed by atoms with Gasteiger partial charge in [0.1, 0.15) is 5.70 Å². The average molecular weight is 453 g/mol. The highest BCUT2D eigenvalue weighted by atomic mass is 16.2. The van der Waals surface area contributed by atoms with E-state index < -0.39 is 0 Å². The Kier molecular flexibility index (Phi) is 6.69. The summed E-state index contributed by atoms with van der Waals surface area (Å²) in [5, 5.41) is 3.29. The minimum absolute atomic E-state index is 0.301. The quantitative estimate of drug-likeness (QED) is 0.408. The zero-order valence-corrected chi connectivity index (χ0v) is 20.7. The molecule has 0 saturated heterocycles. The fourth-order valence-corrected chi connectivity index (χ4v) is 4.38. The van der Waals surface area contributed by atoms with E-state index in [9.17, 15) is 9.59 Å². The third-order valence-electron chi connectivity index (χ3n) is 6.52. The molecule has 0 bridgehead atoms. The molecule has 4 heteroatoms. The Morgan fingerprint density at radius 2 is 1.50 bits per heavy atom. The molecular weight excluding hydrogens is 420 g/mol. The third kappa shape index (κ3) is 4.54. The van der Waals surface area contributed by atoms with Gasteiger partial charge in [-0.15, -0.1) is 0 Å². The monoisotopic (exact) mass is 452 g/mol. The van der Waals surface area contributed by atoms with E-state index in [2.05, 4.69) is 19.2 Å². The van der Waals surface area contributed by atoms with Crippen LogP contribution < -0.4 is 10.2 Å². The molecule has 0 unspecified atom stereocenters. The Labute approximate surface area is 202 Å². The lowest BCUT2D eigenvalue weighted by Gasteiger charge is -2.16. The fraction of sp³-hybridized carbons (Fsp3) is 0.267. The van der Waals surface area contributed by atoms with Gasteiger partial charge in [-0.3, -0.25) is 9.59 Å². The number of carbonyl (C=O) groups excluding carboxylic acids is 2. The topological polar surface area (TPSA) is 49.4 Å². The summed E-state index contributed by atoms with van der Waals surface area (Å²) in [5.74, 6) is -0.635. The van der Waals surface area contributed by atoms with E-state index in [1.54, 1.807) is 0 Å². The third-order valence-corrected chi connectivity index (χ3v) is 6.52. The first-order chi connectivity index (χ1) is 16.3. The van der Waals surface area contributed by atoms with Crippen LogP contribution in [0.4, 0.5) is 11.4 Å². The molecule has 1 aliphatic rings. The highest BCUT2D eigenvalue weighted by molar-refractivity contribution is 6.46. The number of rotatable bonds is 7. The van der Waals surface area contributed by atoms with Crippen molar-refractivity contribution in [1.29, 1.82) is 0 Å². The van der Waals surface area contributed by atoms with Gasteiger partial charge in [-0.2, -0.15) is 0 Å². The zero-order valence-electron chi connectivity index (χ0n) is 20.7. The van der Waals surface area contributed by atoms with Crippen LogP contribution >= 0.6 is 0 Å². The van der Waals surface area contributed by atoms with Crippen LogP contribution in [0.25, 0.3) is 5.57 Å². The van der Waals surface area contributed by atoms with Crippen LogP contribution in [-0.4, -0.2) is 11.8 Å². The second-order valence-electron chi connectivity index (χ2n) is 9.21. The van der Waals surface area contributed by atoms with Crippen molar-refractivity contribution < 1.29 is 9.59 Å². The van der Waals surface area contributed by atoms with Crippen molar-refractivity contribution in [3.8, 4) is 0 Å². The van der Waals surface area contributed by atoms with E-state index in [4.69, 9.17) is 0 Å². The van der Waals surface area contributed by atoms with Crippen molar-refractivity contribution in [3.05, 3.63) is 99.7 Å². The Morgan fingerprint density at radius 3 is 2.15 bits per heavy atom. The number of nitrogens with one attached hydrogen (secondary N) is 1. The van der Waals surface area contributed by atoms with Crippen molar-refractivity contribution in [2.45, 2.75) is 53.9 Å². The van der Waals surface area contributed by atoms with Crippen molar-refractivity contribution in [2.75, 3.05) is 10.2 Å². The van der Waals surface area contributed by atoms with Gasteiger partial charge in [-0.05, 0) is 92.6 Å². The summed E-state index contributed by atoms with van der Waals surface area (Å²) in [6.45, 7) is 10.3. The van der Waals surface area contributed by atoms with Crippen LogP contribution in [0.5, 0.6) is 0 Å². The molecule has 3 aromatic rings. The maximum absolute atomic E-state index is 13.7. The Morgan fingerprint density at radius 1 is 0.765 bits per heavy atom. The van der Waals surface area contributed by atoms with Crippen molar-refractivity contribution in [1.82, 2.24) is 0 Å². The second-order valence-corrected chi connectivity index (χ2v) is 9.21. The smallest absolute Gasteiger partial charge is 0.282 e. The molecule has 1 aliphatic heterocycles. The van der Waals surface area contributed by atoms with Gasteiger partial charge in [0.25, 0.3) is 11.8 Å². The SMILES string of the molecule is CCCCc1ccc(N2C(=O)C(Nc3ccc(C)c(C)c3)=C(c3ccc(C)cc3C)C2=O)cc1. The lowest BCUT2D eigenvalue weighted by atomic mass is 9.97. The molecule has 2 amide bonds. The lowest BCUT2D eigenvalue weighted by molar-refractivity contribution is -0.120. The molecule has 34 heavy (non-hydrogen) atoms. The standard InChI is InChI=1S/C30H32N2O2/c1-6-7-8-23-11-14-25(15-12-23)32-29(33)27(26-16-9-19(2)17-22(26)5)28(30(32)34)31-24-13-10-20(3)21(4)18-24/h9-18,31H,6-8H2,1-5H3. The van der Waals surface area contributed by atoms with Crippen LogP contribution in [0.2, 0.25) is 0 Å². The molecule has 3 aromatic carbocycles.